The minimum Gasteiger partial charge on any atom is -0.394 e. The normalized spacial score (nSPS) is 44.8. The summed E-state index contributed by atoms with van der Waals surface area (Å²) in [6, 6.07) is 0. The summed E-state index contributed by atoms with van der Waals surface area (Å²) in [6.07, 6.45) is -4.65. The van der Waals surface area contributed by atoms with Crippen molar-refractivity contribution >= 4 is 0 Å². The Bertz CT molecular complexity index is 151. The van der Waals surface area contributed by atoms with Crippen LogP contribution < -0.4 is 0 Å². The van der Waals surface area contributed by atoms with Gasteiger partial charge in [-0.2, -0.15) is 0 Å². The molecular formula is C7H14O5. The molecule has 1 aliphatic heterocycles. The summed E-state index contributed by atoms with van der Waals surface area (Å²) in [4.78, 5) is 0. The first-order chi connectivity index (χ1) is 5.57. The van der Waals surface area contributed by atoms with Crippen molar-refractivity contribution < 1.29 is 25.2 Å². The van der Waals surface area contributed by atoms with Crippen LogP contribution in [0, 0.1) is 0 Å². The predicted molar refractivity (Wildman–Crippen MR) is 39.4 cm³/mol. The first-order valence-electron chi connectivity index (χ1n) is 3.88. The maximum atomic E-state index is 9.28. The summed E-state index contributed by atoms with van der Waals surface area (Å²) < 4.78 is 5.03. The number of ether oxygens (including phenoxy) is 1. The van der Waals surface area contributed by atoms with Crippen LogP contribution >= 0.6 is 0 Å². The molecular weight excluding hydrogens is 164 g/mol. The third-order valence-electron chi connectivity index (χ3n) is 2.11. The van der Waals surface area contributed by atoms with E-state index in [-0.39, 0.29) is 0 Å². The van der Waals surface area contributed by atoms with Crippen molar-refractivity contribution in [3.05, 3.63) is 0 Å². The second-order valence-electron chi connectivity index (χ2n) is 3.04. The molecule has 5 atom stereocenters. The van der Waals surface area contributed by atoms with Crippen molar-refractivity contribution in [3.8, 4) is 0 Å². The average Bonchev–Trinajstić information content (AvgIpc) is 2.32. The summed E-state index contributed by atoms with van der Waals surface area (Å²) in [5, 5.41) is 36.2. The quantitative estimate of drug-likeness (QED) is 0.387. The van der Waals surface area contributed by atoms with Crippen molar-refractivity contribution in [1.82, 2.24) is 0 Å². The molecule has 5 heteroatoms. The van der Waals surface area contributed by atoms with Crippen molar-refractivity contribution in [2.45, 2.75) is 37.4 Å². The molecule has 0 aromatic heterocycles. The Morgan fingerprint density at radius 2 is 1.92 bits per heavy atom. The van der Waals surface area contributed by atoms with Crippen molar-refractivity contribution in [2.24, 2.45) is 0 Å². The van der Waals surface area contributed by atoms with E-state index in [1.807, 2.05) is 0 Å². The Kier molecular flexibility index (Phi) is 3.03. The Morgan fingerprint density at radius 1 is 1.33 bits per heavy atom. The Morgan fingerprint density at radius 3 is 2.25 bits per heavy atom. The van der Waals surface area contributed by atoms with E-state index < -0.39 is 37.1 Å². The topological polar surface area (TPSA) is 90.2 Å². The largest absolute Gasteiger partial charge is 0.394 e. The zero-order chi connectivity index (χ0) is 9.30. The van der Waals surface area contributed by atoms with Gasteiger partial charge in [0.1, 0.15) is 24.4 Å². The lowest BCUT2D eigenvalue weighted by Gasteiger charge is -2.18. The minimum absolute atomic E-state index is 0.485. The van der Waals surface area contributed by atoms with Gasteiger partial charge in [0, 0.05) is 0 Å². The molecule has 1 rings (SSSR count). The number of hydrogen-bond donors (Lipinski definition) is 4. The molecule has 1 saturated heterocycles. The summed E-state index contributed by atoms with van der Waals surface area (Å²) in [7, 11) is 0. The van der Waals surface area contributed by atoms with Crippen molar-refractivity contribution in [1.29, 1.82) is 0 Å². The lowest BCUT2D eigenvalue weighted by molar-refractivity contribution is -0.0786. The van der Waals surface area contributed by atoms with E-state index in [4.69, 9.17) is 14.9 Å². The van der Waals surface area contributed by atoms with Gasteiger partial charge in [-0.3, -0.25) is 0 Å². The van der Waals surface area contributed by atoms with E-state index >= 15 is 0 Å². The zero-order valence-corrected chi connectivity index (χ0v) is 6.79. The van der Waals surface area contributed by atoms with Gasteiger partial charge >= 0.3 is 0 Å². The maximum absolute atomic E-state index is 9.28. The van der Waals surface area contributed by atoms with Crippen molar-refractivity contribution in [2.75, 3.05) is 6.61 Å². The highest BCUT2D eigenvalue weighted by Gasteiger charge is 2.43. The smallest absolute Gasteiger partial charge is 0.115 e. The molecule has 4 N–H and O–H groups in total. The molecule has 0 radical (unpaired) electrons. The maximum Gasteiger partial charge on any atom is 0.115 e. The first kappa shape index (κ1) is 9.88. The van der Waals surface area contributed by atoms with Gasteiger partial charge in [-0.05, 0) is 6.92 Å². The van der Waals surface area contributed by atoms with Gasteiger partial charge in [0.2, 0.25) is 0 Å². The van der Waals surface area contributed by atoms with Gasteiger partial charge in [-0.1, -0.05) is 0 Å². The molecule has 2 unspecified atom stereocenters. The van der Waals surface area contributed by atoms with Crippen LogP contribution in [0.15, 0.2) is 0 Å². The lowest BCUT2D eigenvalue weighted by Crippen LogP contribution is -2.40. The summed E-state index contributed by atoms with van der Waals surface area (Å²) in [5.74, 6) is 0. The molecule has 0 aromatic rings. The fourth-order valence-corrected chi connectivity index (χ4v) is 1.30. The molecule has 0 bridgehead atoms. The van der Waals surface area contributed by atoms with Gasteiger partial charge in [-0.25, -0.2) is 0 Å². The van der Waals surface area contributed by atoms with Gasteiger partial charge in [0.05, 0.1) is 12.7 Å². The van der Waals surface area contributed by atoms with Gasteiger partial charge in [-0.15, -0.1) is 0 Å². The number of hydrogen-bond acceptors (Lipinski definition) is 5. The number of aliphatic hydroxyl groups excluding tert-OH is 4. The third-order valence-corrected chi connectivity index (χ3v) is 2.11. The van der Waals surface area contributed by atoms with Crippen LogP contribution in [0.5, 0.6) is 0 Å². The Hall–Kier alpha value is -0.200. The summed E-state index contributed by atoms with van der Waals surface area (Å²) in [6.45, 7) is 1.11. The molecule has 72 valence electrons. The fraction of sp³-hybridized carbons (Fsp3) is 1.00. The van der Waals surface area contributed by atoms with E-state index in [0.29, 0.717) is 0 Å². The van der Waals surface area contributed by atoms with Crippen molar-refractivity contribution in [3.63, 3.8) is 0 Å². The molecule has 0 amide bonds. The second kappa shape index (κ2) is 3.68. The van der Waals surface area contributed by atoms with E-state index in [2.05, 4.69) is 0 Å². The standard InChI is InChI=1S/C7H14O5/c1-3-5(10)6(11)7(12-3)4(9)2-8/h3-11H,2H2,1H3/t3-,4?,5?,6+,7+/m0/s1. The molecule has 0 aliphatic carbocycles. The number of rotatable bonds is 2. The molecule has 1 aliphatic rings. The van der Waals surface area contributed by atoms with Gasteiger partial charge in [0.25, 0.3) is 0 Å². The fourth-order valence-electron chi connectivity index (χ4n) is 1.30. The van der Waals surface area contributed by atoms with Crippen LogP contribution in [0.1, 0.15) is 6.92 Å². The number of aliphatic hydroxyl groups is 4. The van der Waals surface area contributed by atoms with E-state index in [9.17, 15) is 10.2 Å². The van der Waals surface area contributed by atoms with E-state index in [1.165, 1.54) is 0 Å². The summed E-state index contributed by atoms with van der Waals surface area (Å²) >= 11 is 0. The van der Waals surface area contributed by atoms with Crippen LogP contribution in [0.25, 0.3) is 0 Å². The van der Waals surface area contributed by atoms with Crippen LogP contribution in [0.3, 0.4) is 0 Å². The predicted octanol–water partition coefficient (Wildman–Crippen LogP) is -2.15. The molecule has 12 heavy (non-hydrogen) atoms. The Labute approximate surface area is 70.2 Å². The molecule has 5 nitrogen and oxygen atoms in total. The lowest BCUT2D eigenvalue weighted by atomic mass is 10.1. The Balaban J connectivity index is 2.58. The van der Waals surface area contributed by atoms with Gasteiger partial charge in [0.15, 0.2) is 0 Å². The highest BCUT2D eigenvalue weighted by atomic mass is 16.6. The first-order valence-corrected chi connectivity index (χ1v) is 3.88. The molecule has 0 saturated carbocycles. The van der Waals surface area contributed by atoms with Gasteiger partial charge < -0.3 is 25.2 Å². The molecule has 0 aromatic carbocycles. The van der Waals surface area contributed by atoms with E-state index in [0.717, 1.165) is 0 Å². The molecule has 0 spiro atoms. The monoisotopic (exact) mass is 178 g/mol. The third kappa shape index (κ3) is 1.60. The zero-order valence-electron chi connectivity index (χ0n) is 6.79. The van der Waals surface area contributed by atoms with Crippen LogP contribution in [0.2, 0.25) is 0 Å². The second-order valence-corrected chi connectivity index (χ2v) is 3.04. The highest BCUT2D eigenvalue weighted by molar-refractivity contribution is 4.91. The molecule has 1 heterocycles. The van der Waals surface area contributed by atoms with E-state index in [1.54, 1.807) is 6.92 Å². The van der Waals surface area contributed by atoms with Crippen LogP contribution in [-0.2, 0) is 4.74 Å². The van der Waals surface area contributed by atoms with Crippen LogP contribution in [-0.4, -0.2) is 57.6 Å². The molecule has 1 fully saturated rings. The SMILES string of the molecule is C[C@@H]1O[C@H](C(O)CO)[C@H](O)C1O. The highest BCUT2D eigenvalue weighted by Crippen LogP contribution is 2.22. The van der Waals surface area contributed by atoms with Crippen LogP contribution in [0.4, 0.5) is 0 Å². The summed E-state index contributed by atoms with van der Waals surface area (Å²) in [5.41, 5.74) is 0. The average molecular weight is 178 g/mol. The minimum atomic E-state index is -1.14.